The summed E-state index contributed by atoms with van der Waals surface area (Å²) in [5.41, 5.74) is 0.225. The van der Waals surface area contributed by atoms with Crippen molar-refractivity contribution < 1.29 is 18.7 Å². The molecule has 3 rings (SSSR count). The van der Waals surface area contributed by atoms with Gasteiger partial charge in [0.05, 0.1) is 24.2 Å². The van der Waals surface area contributed by atoms with E-state index in [1.165, 1.54) is 31.4 Å². The molecule has 0 N–H and O–H groups in total. The SMILES string of the molecule is COc1cc(C#N)ccc1OC(=O)C1(c2cccc(F)c2)CCC1. The van der Waals surface area contributed by atoms with Crippen molar-refractivity contribution >= 4 is 5.97 Å². The Hall–Kier alpha value is -2.87. The minimum atomic E-state index is -0.818. The van der Waals surface area contributed by atoms with Gasteiger partial charge in [-0.05, 0) is 42.7 Å². The normalized spacial score (nSPS) is 15.0. The van der Waals surface area contributed by atoms with Crippen LogP contribution in [0, 0.1) is 17.1 Å². The number of hydrogen-bond donors (Lipinski definition) is 0. The van der Waals surface area contributed by atoms with Gasteiger partial charge in [0.2, 0.25) is 0 Å². The summed E-state index contributed by atoms with van der Waals surface area (Å²) in [6.45, 7) is 0. The molecule has 4 nitrogen and oxygen atoms in total. The quantitative estimate of drug-likeness (QED) is 0.635. The van der Waals surface area contributed by atoms with Crippen LogP contribution >= 0.6 is 0 Å². The maximum Gasteiger partial charge on any atom is 0.322 e. The molecule has 1 fully saturated rings. The van der Waals surface area contributed by atoms with Gasteiger partial charge in [0.25, 0.3) is 0 Å². The van der Waals surface area contributed by atoms with Crippen LogP contribution in [0.2, 0.25) is 0 Å². The molecule has 0 spiro atoms. The number of benzene rings is 2. The third kappa shape index (κ3) is 2.71. The molecule has 0 saturated heterocycles. The topological polar surface area (TPSA) is 59.3 Å². The first-order chi connectivity index (χ1) is 11.6. The van der Waals surface area contributed by atoms with Crippen molar-refractivity contribution in [3.8, 4) is 17.6 Å². The van der Waals surface area contributed by atoms with Gasteiger partial charge in [-0.15, -0.1) is 0 Å². The number of rotatable bonds is 4. The fraction of sp³-hybridized carbons (Fsp3) is 0.263. The Bertz CT molecular complexity index is 822. The molecule has 0 unspecified atom stereocenters. The van der Waals surface area contributed by atoms with Crippen LogP contribution in [-0.2, 0) is 10.2 Å². The van der Waals surface area contributed by atoms with Crippen molar-refractivity contribution in [2.75, 3.05) is 7.11 Å². The predicted molar refractivity (Wildman–Crippen MR) is 85.3 cm³/mol. The number of methoxy groups -OCH3 is 1. The molecule has 1 aliphatic carbocycles. The van der Waals surface area contributed by atoms with Crippen LogP contribution in [0.25, 0.3) is 0 Å². The van der Waals surface area contributed by atoms with Gasteiger partial charge in [-0.25, -0.2) is 4.39 Å². The number of carbonyl (C=O) groups excluding carboxylic acids is 1. The second kappa shape index (κ2) is 6.32. The average molecular weight is 325 g/mol. The van der Waals surface area contributed by atoms with Crippen LogP contribution in [0.1, 0.15) is 30.4 Å². The van der Waals surface area contributed by atoms with E-state index >= 15 is 0 Å². The standard InChI is InChI=1S/C19H16FNO3/c1-23-17-10-13(12-21)6-7-16(17)24-18(22)19(8-3-9-19)14-4-2-5-15(20)11-14/h2,4-7,10-11H,3,8-9H2,1H3. The highest BCUT2D eigenvalue weighted by Gasteiger charge is 2.47. The van der Waals surface area contributed by atoms with Gasteiger partial charge in [0.15, 0.2) is 11.5 Å². The molecule has 2 aromatic carbocycles. The van der Waals surface area contributed by atoms with E-state index in [2.05, 4.69) is 0 Å². The van der Waals surface area contributed by atoms with Crippen LogP contribution in [0.15, 0.2) is 42.5 Å². The maximum atomic E-state index is 13.5. The average Bonchev–Trinajstić information content (AvgIpc) is 2.54. The number of ether oxygens (including phenoxy) is 2. The zero-order valence-electron chi connectivity index (χ0n) is 13.2. The van der Waals surface area contributed by atoms with Crippen molar-refractivity contribution in [3.05, 3.63) is 59.4 Å². The van der Waals surface area contributed by atoms with Crippen LogP contribution in [0.3, 0.4) is 0 Å². The molecular formula is C19H16FNO3. The van der Waals surface area contributed by atoms with Gasteiger partial charge in [-0.1, -0.05) is 18.6 Å². The highest BCUT2D eigenvalue weighted by Crippen LogP contribution is 2.45. The van der Waals surface area contributed by atoms with E-state index < -0.39 is 11.4 Å². The summed E-state index contributed by atoms with van der Waals surface area (Å²) < 4.78 is 24.3. The molecule has 0 atom stereocenters. The first-order valence-corrected chi connectivity index (χ1v) is 7.65. The smallest absolute Gasteiger partial charge is 0.322 e. The van der Waals surface area contributed by atoms with Gasteiger partial charge in [0, 0.05) is 6.07 Å². The number of nitrogens with zero attached hydrogens (tertiary/aromatic N) is 1. The van der Waals surface area contributed by atoms with Crippen molar-refractivity contribution in [3.63, 3.8) is 0 Å². The van der Waals surface area contributed by atoms with E-state index in [0.29, 0.717) is 29.7 Å². The fourth-order valence-corrected chi connectivity index (χ4v) is 2.95. The Balaban J connectivity index is 1.90. The molecule has 0 radical (unpaired) electrons. The molecule has 0 amide bonds. The van der Waals surface area contributed by atoms with E-state index in [-0.39, 0.29) is 11.6 Å². The Morgan fingerprint density at radius 2 is 2.00 bits per heavy atom. The second-order valence-electron chi connectivity index (χ2n) is 5.81. The van der Waals surface area contributed by atoms with Gasteiger partial charge in [-0.3, -0.25) is 4.79 Å². The molecule has 1 aliphatic rings. The molecule has 1 saturated carbocycles. The summed E-state index contributed by atoms with van der Waals surface area (Å²) in [5.74, 6) is -0.231. The number of carbonyl (C=O) groups is 1. The molecule has 2 aromatic rings. The molecule has 0 aliphatic heterocycles. The molecule has 122 valence electrons. The van der Waals surface area contributed by atoms with E-state index in [9.17, 15) is 9.18 Å². The Morgan fingerprint density at radius 1 is 1.21 bits per heavy atom. The van der Waals surface area contributed by atoms with Crippen LogP contribution in [0.5, 0.6) is 11.5 Å². The summed E-state index contributed by atoms with van der Waals surface area (Å²) in [6, 6.07) is 12.7. The first-order valence-electron chi connectivity index (χ1n) is 7.65. The molecule has 0 heterocycles. The monoisotopic (exact) mass is 325 g/mol. The summed E-state index contributed by atoms with van der Waals surface area (Å²) in [6.07, 6.45) is 2.12. The molecular weight excluding hydrogens is 309 g/mol. The number of hydrogen-bond acceptors (Lipinski definition) is 4. The van der Waals surface area contributed by atoms with Gasteiger partial charge in [0.1, 0.15) is 5.82 Å². The summed E-state index contributed by atoms with van der Waals surface area (Å²) in [5, 5.41) is 8.93. The number of esters is 1. The molecule has 0 bridgehead atoms. The van der Waals surface area contributed by atoms with Crippen LogP contribution < -0.4 is 9.47 Å². The molecule has 24 heavy (non-hydrogen) atoms. The highest BCUT2D eigenvalue weighted by molar-refractivity contribution is 5.86. The minimum Gasteiger partial charge on any atom is -0.493 e. The third-order valence-corrected chi connectivity index (χ3v) is 4.47. The van der Waals surface area contributed by atoms with Crippen molar-refractivity contribution in [2.24, 2.45) is 0 Å². The second-order valence-corrected chi connectivity index (χ2v) is 5.81. The minimum absolute atomic E-state index is 0.254. The van der Waals surface area contributed by atoms with E-state index in [1.807, 2.05) is 6.07 Å². The lowest BCUT2D eigenvalue weighted by Crippen LogP contribution is -2.45. The lowest BCUT2D eigenvalue weighted by Gasteiger charge is -2.39. The highest BCUT2D eigenvalue weighted by atomic mass is 19.1. The van der Waals surface area contributed by atoms with Crippen molar-refractivity contribution in [1.82, 2.24) is 0 Å². The largest absolute Gasteiger partial charge is 0.493 e. The van der Waals surface area contributed by atoms with E-state index in [4.69, 9.17) is 14.7 Å². The molecule has 5 heteroatoms. The van der Waals surface area contributed by atoms with Crippen molar-refractivity contribution in [2.45, 2.75) is 24.7 Å². The first kappa shape index (κ1) is 16.0. The Labute approximate surface area is 139 Å². The maximum absolute atomic E-state index is 13.5. The van der Waals surface area contributed by atoms with Crippen molar-refractivity contribution in [1.29, 1.82) is 5.26 Å². The Morgan fingerprint density at radius 3 is 2.58 bits per heavy atom. The third-order valence-electron chi connectivity index (χ3n) is 4.47. The summed E-state index contributed by atoms with van der Waals surface area (Å²) >= 11 is 0. The Kier molecular flexibility index (Phi) is 4.22. The van der Waals surface area contributed by atoms with Gasteiger partial charge >= 0.3 is 5.97 Å². The van der Waals surface area contributed by atoms with Crippen LogP contribution in [0.4, 0.5) is 4.39 Å². The zero-order valence-corrected chi connectivity index (χ0v) is 13.2. The van der Waals surface area contributed by atoms with Crippen LogP contribution in [-0.4, -0.2) is 13.1 Å². The molecule has 0 aromatic heterocycles. The van der Waals surface area contributed by atoms with E-state index in [0.717, 1.165) is 6.42 Å². The van der Waals surface area contributed by atoms with E-state index in [1.54, 1.807) is 18.2 Å². The lowest BCUT2D eigenvalue weighted by atomic mass is 9.64. The predicted octanol–water partition coefficient (Wildman–Crippen LogP) is 3.73. The summed E-state index contributed by atoms with van der Waals surface area (Å²) in [4.78, 5) is 12.8. The zero-order chi connectivity index (χ0) is 17.2. The fourth-order valence-electron chi connectivity index (χ4n) is 2.95. The van der Waals surface area contributed by atoms with Gasteiger partial charge < -0.3 is 9.47 Å². The van der Waals surface area contributed by atoms with Gasteiger partial charge in [-0.2, -0.15) is 5.26 Å². The summed E-state index contributed by atoms with van der Waals surface area (Å²) in [7, 11) is 1.44. The lowest BCUT2D eigenvalue weighted by molar-refractivity contribution is -0.144. The number of halogens is 1. The number of nitriles is 1.